The number of rotatable bonds is 2. The first-order valence-corrected chi connectivity index (χ1v) is 8.39. The van der Waals surface area contributed by atoms with E-state index in [2.05, 4.69) is 6.07 Å². The molecule has 21 heavy (non-hydrogen) atoms. The molecule has 1 aromatic carbocycles. The predicted octanol–water partition coefficient (Wildman–Crippen LogP) is 5.11. The average Bonchev–Trinajstić information content (AvgIpc) is 3.11. The lowest BCUT2D eigenvalue weighted by molar-refractivity contribution is 0.196. The number of furan rings is 1. The third-order valence-electron chi connectivity index (χ3n) is 4.07. The number of aryl methyl sites for hydroxylation is 2. The van der Waals surface area contributed by atoms with Gasteiger partial charge in [0.15, 0.2) is 5.58 Å². The summed E-state index contributed by atoms with van der Waals surface area (Å²) in [6, 6.07) is 9.65. The molecule has 0 amide bonds. The SMILES string of the molecule is OC(c1cc2cccc(Cl)c2o1)c1cc2c(s1)CCCC2. The molecule has 0 saturated carbocycles. The van der Waals surface area contributed by atoms with Crippen LogP contribution >= 0.6 is 22.9 Å². The van der Waals surface area contributed by atoms with Gasteiger partial charge in [-0.25, -0.2) is 0 Å². The Morgan fingerprint density at radius 3 is 2.86 bits per heavy atom. The smallest absolute Gasteiger partial charge is 0.153 e. The van der Waals surface area contributed by atoms with Crippen LogP contribution in [0.1, 0.15) is 40.0 Å². The van der Waals surface area contributed by atoms with Crippen LogP contribution in [0, 0.1) is 0 Å². The summed E-state index contributed by atoms with van der Waals surface area (Å²) in [6.45, 7) is 0. The Morgan fingerprint density at radius 2 is 2.05 bits per heavy atom. The van der Waals surface area contributed by atoms with Crippen molar-refractivity contribution < 1.29 is 9.52 Å². The fourth-order valence-corrected chi connectivity index (χ4v) is 4.44. The zero-order chi connectivity index (χ0) is 14.4. The maximum absolute atomic E-state index is 10.6. The lowest BCUT2D eigenvalue weighted by Crippen LogP contribution is -1.97. The molecule has 1 atom stereocenters. The predicted molar refractivity (Wildman–Crippen MR) is 86.2 cm³/mol. The van der Waals surface area contributed by atoms with Gasteiger partial charge in [0.2, 0.25) is 0 Å². The molecule has 4 rings (SSSR count). The van der Waals surface area contributed by atoms with E-state index in [1.807, 2.05) is 18.2 Å². The van der Waals surface area contributed by atoms with Crippen LogP contribution in [0.3, 0.4) is 0 Å². The Bertz CT molecular complexity index is 779. The Labute approximate surface area is 132 Å². The lowest BCUT2D eigenvalue weighted by Gasteiger charge is -2.08. The number of thiophene rings is 1. The van der Waals surface area contributed by atoms with Gasteiger partial charge in [-0.15, -0.1) is 11.3 Å². The van der Waals surface area contributed by atoms with Crippen LogP contribution in [0.5, 0.6) is 0 Å². The zero-order valence-corrected chi connectivity index (χ0v) is 13.0. The van der Waals surface area contributed by atoms with E-state index >= 15 is 0 Å². The molecule has 0 spiro atoms. The van der Waals surface area contributed by atoms with E-state index in [-0.39, 0.29) is 0 Å². The fourth-order valence-electron chi connectivity index (χ4n) is 2.97. The molecule has 1 N–H and O–H groups in total. The van der Waals surface area contributed by atoms with E-state index in [4.69, 9.17) is 16.0 Å². The third kappa shape index (κ3) is 2.30. The highest BCUT2D eigenvalue weighted by Crippen LogP contribution is 2.37. The molecule has 2 aromatic heterocycles. The molecule has 1 unspecified atom stereocenters. The number of hydrogen-bond acceptors (Lipinski definition) is 3. The molecule has 0 aliphatic heterocycles. The van der Waals surface area contributed by atoms with Gasteiger partial charge in [-0.2, -0.15) is 0 Å². The third-order valence-corrected chi connectivity index (χ3v) is 5.66. The monoisotopic (exact) mass is 318 g/mol. The van der Waals surface area contributed by atoms with E-state index in [9.17, 15) is 5.11 Å². The fraction of sp³-hybridized carbons (Fsp3) is 0.294. The van der Waals surface area contributed by atoms with Crippen molar-refractivity contribution in [2.24, 2.45) is 0 Å². The van der Waals surface area contributed by atoms with Crippen molar-refractivity contribution in [3.8, 4) is 0 Å². The Balaban J connectivity index is 1.73. The zero-order valence-electron chi connectivity index (χ0n) is 11.4. The van der Waals surface area contributed by atoms with E-state index < -0.39 is 6.10 Å². The first kappa shape index (κ1) is 13.4. The van der Waals surface area contributed by atoms with Gasteiger partial charge >= 0.3 is 0 Å². The summed E-state index contributed by atoms with van der Waals surface area (Å²) in [5.74, 6) is 0.566. The van der Waals surface area contributed by atoms with Crippen molar-refractivity contribution in [2.45, 2.75) is 31.8 Å². The summed E-state index contributed by atoms with van der Waals surface area (Å²) in [7, 11) is 0. The first-order valence-electron chi connectivity index (χ1n) is 7.20. The van der Waals surface area contributed by atoms with E-state index in [1.165, 1.54) is 23.3 Å². The van der Waals surface area contributed by atoms with Gasteiger partial charge in [0.25, 0.3) is 0 Å². The van der Waals surface area contributed by atoms with Crippen LogP contribution < -0.4 is 0 Å². The topological polar surface area (TPSA) is 33.4 Å². The lowest BCUT2D eigenvalue weighted by atomic mass is 9.99. The van der Waals surface area contributed by atoms with Crippen LogP contribution in [-0.2, 0) is 12.8 Å². The molecule has 2 nitrogen and oxygen atoms in total. The van der Waals surface area contributed by atoms with Crippen molar-refractivity contribution in [2.75, 3.05) is 0 Å². The molecule has 1 aliphatic carbocycles. The van der Waals surface area contributed by atoms with Crippen LogP contribution in [0.4, 0.5) is 0 Å². The van der Waals surface area contributed by atoms with Crippen molar-refractivity contribution in [3.05, 3.63) is 56.4 Å². The number of para-hydroxylation sites is 1. The Morgan fingerprint density at radius 1 is 1.19 bits per heavy atom. The largest absolute Gasteiger partial charge is 0.456 e. The molecule has 0 saturated heterocycles. The number of aliphatic hydroxyl groups is 1. The van der Waals surface area contributed by atoms with E-state index in [0.717, 1.165) is 23.1 Å². The molecule has 2 heterocycles. The normalized spacial score (nSPS) is 16.1. The molecule has 4 heteroatoms. The molecule has 0 bridgehead atoms. The van der Waals surface area contributed by atoms with Crippen molar-refractivity contribution in [3.63, 3.8) is 0 Å². The Hall–Kier alpha value is -1.29. The van der Waals surface area contributed by atoms with Gasteiger partial charge in [0, 0.05) is 15.1 Å². The van der Waals surface area contributed by atoms with Gasteiger partial charge in [-0.3, -0.25) is 0 Å². The number of hydrogen-bond donors (Lipinski definition) is 1. The molecule has 3 aromatic rings. The molecular formula is C17H15ClO2S. The van der Waals surface area contributed by atoms with E-state index in [0.29, 0.717) is 16.4 Å². The minimum Gasteiger partial charge on any atom is -0.456 e. The van der Waals surface area contributed by atoms with E-state index in [1.54, 1.807) is 17.4 Å². The van der Waals surface area contributed by atoms with Crippen LogP contribution in [0.2, 0.25) is 5.02 Å². The second kappa shape index (κ2) is 5.16. The van der Waals surface area contributed by atoms with Gasteiger partial charge < -0.3 is 9.52 Å². The second-order valence-electron chi connectivity index (χ2n) is 5.51. The first-order chi connectivity index (χ1) is 10.2. The number of aliphatic hydroxyl groups excluding tert-OH is 1. The summed E-state index contributed by atoms with van der Waals surface area (Å²) in [5, 5.41) is 12.1. The highest BCUT2D eigenvalue weighted by Gasteiger charge is 2.21. The molecule has 1 aliphatic rings. The quantitative estimate of drug-likeness (QED) is 0.712. The molecular weight excluding hydrogens is 304 g/mol. The van der Waals surface area contributed by atoms with Gasteiger partial charge in [0.1, 0.15) is 11.9 Å². The van der Waals surface area contributed by atoms with Gasteiger partial charge in [-0.05, 0) is 49.4 Å². The molecule has 0 radical (unpaired) electrons. The maximum atomic E-state index is 10.6. The summed E-state index contributed by atoms with van der Waals surface area (Å²) in [4.78, 5) is 2.39. The second-order valence-corrected chi connectivity index (χ2v) is 7.09. The summed E-state index contributed by atoms with van der Waals surface area (Å²) < 4.78 is 5.77. The van der Waals surface area contributed by atoms with Crippen LogP contribution in [0.15, 0.2) is 34.7 Å². The maximum Gasteiger partial charge on any atom is 0.153 e. The summed E-state index contributed by atoms with van der Waals surface area (Å²) in [5.41, 5.74) is 2.05. The number of halogens is 1. The summed E-state index contributed by atoms with van der Waals surface area (Å²) in [6.07, 6.45) is 4.07. The highest BCUT2D eigenvalue weighted by atomic mass is 35.5. The van der Waals surface area contributed by atoms with Crippen molar-refractivity contribution >= 4 is 33.9 Å². The number of benzene rings is 1. The summed E-state index contributed by atoms with van der Waals surface area (Å²) >= 11 is 7.84. The van der Waals surface area contributed by atoms with Crippen LogP contribution in [-0.4, -0.2) is 5.11 Å². The molecule has 0 fully saturated rings. The van der Waals surface area contributed by atoms with Crippen molar-refractivity contribution in [1.82, 2.24) is 0 Å². The van der Waals surface area contributed by atoms with Gasteiger partial charge in [-0.1, -0.05) is 23.7 Å². The Kier molecular flexibility index (Phi) is 3.29. The minimum absolute atomic E-state index is 0.566. The van der Waals surface area contributed by atoms with Crippen LogP contribution in [0.25, 0.3) is 11.0 Å². The molecule has 108 valence electrons. The minimum atomic E-state index is -0.705. The highest BCUT2D eigenvalue weighted by molar-refractivity contribution is 7.12. The van der Waals surface area contributed by atoms with Gasteiger partial charge in [0.05, 0.1) is 5.02 Å². The standard InChI is InChI=1S/C17H15ClO2S/c18-12-6-3-5-11-8-13(20-17(11)12)16(19)15-9-10-4-1-2-7-14(10)21-15/h3,5-6,8-9,16,19H,1-2,4,7H2. The number of fused-ring (bicyclic) bond motifs is 2. The average molecular weight is 319 g/mol. The van der Waals surface area contributed by atoms with Crippen molar-refractivity contribution in [1.29, 1.82) is 0 Å².